The SMILES string of the molecule is CC(C)NC(=O)Nc1ccc2c(c1)C(=O)N([C@@H](C)CO)C[C@H](C)[C@@H](CN(C)Cc1ccc(Cl)c(Cl)c1)OCCCC[C@@H](C)O2. The van der Waals surface area contributed by atoms with Gasteiger partial charge in [0.15, 0.2) is 0 Å². The Morgan fingerprint density at radius 3 is 2.55 bits per heavy atom. The van der Waals surface area contributed by atoms with Crippen molar-refractivity contribution in [3.05, 3.63) is 57.6 Å². The molecule has 0 aliphatic carbocycles. The number of fused-ring (bicyclic) bond motifs is 1. The number of anilines is 1. The van der Waals surface area contributed by atoms with E-state index in [2.05, 4.69) is 22.5 Å². The lowest BCUT2D eigenvalue weighted by molar-refractivity contribution is -0.0177. The Morgan fingerprint density at radius 1 is 1.11 bits per heavy atom. The van der Waals surface area contributed by atoms with Crippen LogP contribution >= 0.6 is 23.2 Å². The summed E-state index contributed by atoms with van der Waals surface area (Å²) in [5.74, 6) is 0.105. The molecule has 0 saturated heterocycles. The summed E-state index contributed by atoms with van der Waals surface area (Å²) in [4.78, 5) is 30.5. The lowest BCUT2D eigenvalue weighted by Gasteiger charge is -2.36. The Balaban J connectivity index is 1.90. The second-order valence-electron chi connectivity index (χ2n) is 12.2. The molecule has 0 spiro atoms. The van der Waals surface area contributed by atoms with Crippen LogP contribution in [0.2, 0.25) is 10.0 Å². The lowest BCUT2D eigenvalue weighted by atomic mass is 10.0. The Kier molecular flexibility index (Phi) is 14.1. The fourth-order valence-electron chi connectivity index (χ4n) is 5.21. The van der Waals surface area contributed by atoms with E-state index in [-0.39, 0.29) is 42.7 Å². The molecule has 11 heteroatoms. The van der Waals surface area contributed by atoms with Crippen LogP contribution in [-0.4, -0.2) is 84.5 Å². The molecule has 3 N–H and O–H groups in total. The van der Waals surface area contributed by atoms with E-state index in [9.17, 15) is 14.7 Å². The number of urea groups is 1. The Bertz CT molecular complexity index is 1250. The van der Waals surface area contributed by atoms with Crippen molar-refractivity contribution < 1.29 is 24.2 Å². The molecule has 0 radical (unpaired) electrons. The smallest absolute Gasteiger partial charge is 0.319 e. The molecule has 1 heterocycles. The van der Waals surface area contributed by atoms with Gasteiger partial charge in [0, 0.05) is 43.9 Å². The minimum absolute atomic E-state index is 0.0429. The number of carbonyl (C=O) groups is 2. The normalized spacial score (nSPS) is 20.9. The molecule has 9 nitrogen and oxygen atoms in total. The molecule has 3 rings (SSSR count). The van der Waals surface area contributed by atoms with Crippen LogP contribution < -0.4 is 15.4 Å². The van der Waals surface area contributed by atoms with Gasteiger partial charge in [-0.15, -0.1) is 0 Å². The molecule has 4 atom stereocenters. The van der Waals surface area contributed by atoms with Crippen LogP contribution in [0.3, 0.4) is 0 Å². The number of carbonyl (C=O) groups excluding carboxylic acids is 2. The van der Waals surface area contributed by atoms with Gasteiger partial charge in [0.1, 0.15) is 5.75 Å². The average molecular weight is 652 g/mol. The first-order valence-corrected chi connectivity index (χ1v) is 16.2. The highest BCUT2D eigenvalue weighted by atomic mass is 35.5. The maximum atomic E-state index is 14.2. The fourth-order valence-corrected chi connectivity index (χ4v) is 5.53. The number of hydrogen-bond donors (Lipinski definition) is 3. The van der Waals surface area contributed by atoms with Gasteiger partial charge in [0.05, 0.1) is 40.5 Å². The van der Waals surface area contributed by atoms with Crippen molar-refractivity contribution in [1.82, 2.24) is 15.1 Å². The number of hydrogen-bond acceptors (Lipinski definition) is 6. The number of halogens is 2. The van der Waals surface area contributed by atoms with Gasteiger partial charge in [0.25, 0.3) is 5.91 Å². The highest BCUT2D eigenvalue weighted by Crippen LogP contribution is 2.29. The van der Waals surface area contributed by atoms with Gasteiger partial charge in [-0.2, -0.15) is 0 Å². The van der Waals surface area contributed by atoms with Gasteiger partial charge < -0.3 is 30.1 Å². The number of aliphatic hydroxyl groups is 1. The van der Waals surface area contributed by atoms with E-state index in [0.29, 0.717) is 53.3 Å². The van der Waals surface area contributed by atoms with Crippen LogP contribution in [0, 0.1) is 5.92 Å². The van der Waals surface area contributed by atoms with Crippen LogP contribution in [0.1, 0.15) is 69.8 Å². The molecular weight excluding hydrogens is 603 g/mol. The van der Waals surface area contributed by atoms with Gasteiger partial charge in [-0.25, -0.2) is 4.79 Å². The molecule has 0 saturated carbocycles. The summed E-state index contributed by atoms with van der Waals surface area (Å²) in [7, 11) is 2.03. The second kappa shape index (κ2) is 17.2. The molecule has 0 bridgehead atoms. The number of aliphatic hydroxyl groups excluding tert-OH is 1. The van der Waals surface area contributed by atoms with Crippen molar-refractivity contribution >= 4 is 40.8 Å². The van der Waals surface area contributed by atoms with Crippen molar-refractivity contribution in [3.8, 4) is 5.75 Å². The van der Waals surface area contributed by atoms with Crippen LogP contribution in [0.4, 0.5) is 10.5 Å². The second-order valence-corrected chi connectivity index (χ2v) is 13.0. The largest absolute Gasteiger partial charge is 0.490 e. The first kappa shape index (κ1) is 35.9. The number of rotatable bonds is 8. The highest BCUT2D eigenvalue weighted by Gasteiger charge is 2.30. The maximum Gasteiger partial charge on any atom is 0.319 e. The van der Waals surface area contributed by atoms with E-state index in [4.69, 9.17) is 32.7 Å². The molecule has 2 aromatic rings. The van der Waals surface area contributed by atoms with E-state index in [0.717, 1.165) is 24.8 Å². The summed E-state index contributed by atoms with van der Waals surface area (Å²) in [6.07, 6.45) is 2.27. The van der Waals surface area contributed by atoms with Crippen LogP contribution in [0.25, 0.3) is 0 Å². The lowest BCUT2D eigenvalue weighted by Crippen LogP contribution is -2.47. The molecule has 244 valence electrons. The molecule has 2 aromatic carbocycles. The topological polar surface area (TPSA) is 103 Å². The average Bonchev–Trinajstić information content (AvgIpc) is 2.96. The number of amides is 3. The molecule has 44 heavy (non-hydrogen) atoms. The summed E-state index contributed by atoms with van der Waals surface area (Å²) in [6.45, 7) is 11.7. The quantitative estimate of drug-likeness (QED) is 0.303. The predicted molar refractivity (Wildman–Crippen MR) is 177 cm³/mol. The highest BCUT2D eigenvalue weighted by molar-refractivity contribution is 6.42. The molecule has 1 aliphatic heterocycles. The van der Waals surface area contributed by atoms with E-state index in [1.165, 1.54) is 0 Å². The minimum Gasteiger partial charge on any atom is -0.490 e. The third-order valence-electron chi connectivity index (χ3n) is 7.66. The standard InChI is InChI=1S/C33H48Cl2N4O5/c1-21(2)36-33(42)37-26-11-13-30-27(16-26)32(41)39(23(4)20-40)17-22(3)31(43-14-8-7-9-24(5)44-30)19-38(6)18-25-10-12-28(34)29(35)15-25/h10-13,15-16,21-24,31,40H,7-9,14,17-20H2,1-6H3,(H2,36,37,42)/t22-,23-,24+,31+/m0/s1. The summed E-state index contributed by atoms with van der Waals surface area (Å²) >= 11 is 12.4. The molecule has 3 amide bonds. The molecular formula is C33H48Cl2N4O5. The first-order chi connectivity index (χ1) is 20.9. The van der Waals surface area contributed by atoms with Gasteiger partial charge in [0.2, 0.25) is 0 Å². The zero-order valence-corrected chi connectivity index (χ0v) is 28.3. The summed E-state index contributed by atoms with van der Waals surface area (Å²) < 4.78 is 12.7. The zero-order valence-electron chi connectivity index (χ0n) is 26.7. The van der Waals surface area contributed by atoms with Crippen molar-refractivity contribution in [1.29, 1.82) is 0 Å². The third-order valence-corrected chi connectivity index (χ3v) is 8.40. The molecule has 0 unspecified atom stereocenters. The van der Waals surface area contributed by atoms with Gasteiger partial charge >= 0.3 is 6.03 Å². The monoisotopic (exact) mass is 650 g/mol. The van der Waals surface area contributed by atoms with Crippen molar-refractivity contribution in [3.63, 3.8) is 0 Å². The number of ether oxygens (including phenoxy) is 2. The Morgan fingerprint density at radius 2 is 1.86 bits per heavy atom. The van der Waals surface area contributed by atoms with E-state index >= 15 is 0 Å². The van der Waals surface area contributed by atoms with Crippen LogP contribution in [0.5, 0.6) is 5.75 Å². The maximum absolute atomic E-state index is 14.2. The van der Waals surface area contributed by atoms with Gasteiger partial charge in [-0.3, -0.25) is 9.69 Å². The molecule has 0 fully saturated rings. The van der Waals surface area contributed by atoms with Crippen LogP contribution in [-0.2, 0) is 11.3 Å². The summed E-state index contributed by atoms with van der Waals surface area (Å²) in [5.41, 5.74) is 1.85. The summed E-state index contributed by atoms with van der Waals surface area (Å²) in [5, 5.41) is 16.8. The molecule has 1 aliphatic rings. The Hall–Kier alpha value is -2.56. The predicted octanol–water partition coefficient (Wildman–Crippen LogP) is 6.45. The van der Waals surface area contributed by atoms with E-state index < -0.39 is 6.04 Å². The summed E-state index contributed by atoms with van der Waals surface area (Å²) in [6, 6.07) is 9.89. The number of nitrogens with one attached hydrogen (secondary N) is 2. The van der Waals surface area contributed by atoms with Crippen molar-refractivity contribution in [2.75, 3.05) is 38.7 Å². The zero-order chi connectivity index (χ0) is 32.4. The third kappa shape index (κ3) is 10.8. The minimum atomic E-state index is -0.460. The van der Waals surface area contributed by atoms with Crippen LogP contribution in [0.15, 0.2) is 36.4 Å². The Labute approximate surface area is 272 Å². The fraction of sp³-hybridized carbons (Fsp3) is 0.576. The van der Waals surface area contributed by atoms with E-state index in [1.54, 1.807) is 29.2 Å². The van der Waals surface area contributed by atoms with Crippen molar-refractivity contribution in [2.24, 2.45) is 5.92 Å². The van der Waals surface area contributed by atoms with Gasteiger partial charge in [-0.05, 0) is 89.9 Å². The number of likely N-dealkylation sites (N-methyl/N-ethyl adjacent to an activating group) is 1. The van der Waals surface area contributed by atoms with E-state index in [1.807, 2.05) is 46.9 Å². The number of benzene rings is 2. The first-order valence-electron chi connectivity index (χ1n) is 15.4. The van der Waals surface area contributed by atoms with Crippen molar-refractivity contribution in [2.45, 2.75) is 84.7 Å². The number of nitrogens with zero attached hydrogens (tertiary/aromatic N) is 2. The molecule has 0 aromatic heterocycles. The van der Waals surface area contributed by atoms with Gasteiger partial charge in [-0.1, -0.05) is 36.2 Å².